The van der Waals surface area contributed by atoms with Gasteiger partial charge in [0.05, 0.1) is 22.1 Å². The van der Waals surface area contributed by atoms with E-state index < -0.39 is 29.7 Å². The summed E-state index contributed by atoms with van der Waals surface area (Å²) in [6, 6.07) is 7.68. The van der Waals surface area contributed by atoms with Crippen molar-refractivity contribution in [2.75, 3.05) is 0 Å². The SMILES string of the molecule is CC(C#N)(Cn1nc2c(Br)cc(Cl)c(Br)c2n1)NC(=O)c1ccc(OC(F)(F)C(F)F)cc1. The molecule has 2 aromatic carbocycles. The number of nitriles is 1. The molecular weight excluding hydrogens is 601 g/mol. The first-order chi connectivity index (χ1) is 15.3. The molecule has 0 aliphatic carbocycles. The number of ether oxygens (including phenoxy) is 1. The fourth-order valence-electron chi connectivity index (χ4n) is 2.67. The Morgan fingerprint density at radius 2 is 1.88 bits per heavy atom. The zero-order valence-electron chi connectivity index (χ0n) is 16.4. The molecule has 0 saturated carbocycles. The molecule has 1 amide bonds. The second kappa shape index (κ2) is 9.44. The minimum Gasteiger partial charge on any atom is -0.428 e. The Labute approximate surface area is 205 Å². The highest BCUT2D eigenvalue weighted by Crippen LogP contribution is 2.34. The number of rotatable bonds is 7. The number of carbonyl (C=O) groups is 1. The summed E-state index contributed by atoms with van der Waals surface area (Å²) in [7, 11) is 0. The highest BCUT2D eigenvalue weighted by atomic mass is 79.9. The molecule has 1 aromatic heterocycles. The molecule has 0 aliphatic rings. The van der Waals surface area contributed by atoms with Crippen LogP contribution in [0.25, 0.3) is 11.0 Å². The van der Waals surface area contributed by atoms with Crippen LogP contribution in [-0.4, -0.2) is 39.0 Å². The Balaban J connectivity index is 1.76. The summed E-state index contributed by atoms with van der Waals surface area (Å²) < 4.78 is 55.5. The summed E-state index contributed by atoms with van der Waals surface area (Å²) in [6.45, 7) is 1.30. The lowest BCUT2D eigenvalue weighted by molar-refractivity contribution is -0.253. The molecule has 3 aromatic rings. The normalized spacial score (nSPS) is 13.6. The fraction of sp³-hybridized carbons (Fsp3) is 0.263. The largest absolute Gasteiger partial charge is 0.461 e. The molecule has 0 aliphatic heterocycles. The first kappa shape index (κ1) is 25.2. The third-order valence-corrected chi connectivity index (χ3v) is 6.20. The summed E-state index contributed by atoms with van der Waals surface area (Å²) in [4.78, 5) is 13.8. The third-order valence-electron chi connectivity index (χ3n) is 4.27. The third kappa shape index (κ3) is 5.56. The van der Waals surface area contributed by atoms with E-state index in [1.807, 2.05) is 6.07 Å². The number of hydrogen-bond acceptors (Lipinski definition) is 5. The number of benzene rings is 2. The van der Waals surface area contributed by atoms with Gasteiger partial charge < -0.3 is 10.1 Å². The second-order valence-electron chi connectivity index (χ2n) is 6.97. The van der Waals surface area contributed by atoms with Crippen LogP contribution in [0.5, 0.6) is 5.75 Å². The van der Waals surface area contributed by atoms with Crippen LogP contribution in [-0.2, 0) is 6.54 Å². The van der Waals surface area contributed by atoms with E-state index in [2.05, 4.69) is 52.1 Å². The van der Waals surface area contributed by atoms with E-state index in [9.17, 15) is 27.6 Å². The number of amides is 1. The lowest BCUT2D eigenvalue weighted by Crippen LogP contribution is -2.48. The number of halogens is 7. The van der Waals surface area contributed by atoms with E-state index in [-0.39, 0.29) is 12.1 Å². The summed E-state index contributed by atoms with van der Waals surface area (Å²) >= 11 is 12.8. The van der Waals surface area contributed by atoms with Crippen molar-refractivity contribution in [1.82, 2.24) is 20.3 Å². The van der Waals surface area contributed by atoms with Crippen LogP contribution in [0.4, 0.5) is 17.6 Å². The lowest BCUT2D eigenvalue weighted by atomic mass is 10.0. The predicted molar refractivity (Wildman–Crippen MR) is 117 cm³/mol. The molecule has 1 N–H and O–H groups in total. The molecule has 0 spiro atoms. The average Bonchev–Trinajstić information content (AvgIpc) is 3.16. The van der Waals surface area contributed by atoms with Gasteiger partial charge in [-0.25, -0.2) is 0 Å². The highest BCUT2D eigenvalue weighted by Gasteiger charge is 2.44. The van der Waals surface area contributed by atoms with Gasteiger partial charge in [0.25, 0.3) is 5.91 Å². The zero-order chi connectivity index (χ0) is 24.6. The van der Waals surface area contributed by atoms with Crippen LogP contribution in [0.2, 0.25) is 5.02 Å². The maximum absolute atomic E-state index is 13.0. The van der Waals surface area contributed by atoms with E-state index in [4.69, 9.17) is 11.6 Å². The van der Waals surface area contributed by atoms with E-state index in [0.29, 0.717) is 25.0 Å². The second-order valence-corrected chi connectivity index (χ2v) is 9.02. The first-order valence-electron chi connectivity index (χ1n) is 8.92. The fourth-order valence-corrected chi connectivity index (χ4v) is 3.88. The Kier molecular flexibility index (Phi) is 7.21. The highest BCUT2D eigenvalue weighted by molar-refractivity contribution is 9.11. The molecule has 0 saturated heterocycles. The quantitative estimate of drug-likeness (QED) is 0.278. The zero-order valence-corrected chi connectivity index (χ0v) is 20.4. The number of fused-ring (bicyclic) bond motifs is 1. The number of carbonyl (C=O) groups excluding carboxylic acids is 1. The van der Waals surface area contributed by atoms with Crippen LogP contribution in [0.15, 0.2) is 39.3 Å². The van der Waals surface area contributed by atoms with Gasteiger partial charge in [0, 0.05) is 10.0 Å². The van der Waals surface area contributed by atoms with Crippen molar-refractivity contribution in [1.29, 1.82) is 5.26 Å². The molecular formula is C19H12Br2ClF4N5O2. The van der Waals surface area contributed by atoms with Crippen molar-refractivity contribution < 1.29 is 27.1 Å². The number of nitrogens with one attached hydrogen (secondary N) is 1. The Morgan fingerprint density at radius 3 is 2.45 bits per heavy atom. The van der Waals surface area contributed by atoms with Crippen molar-refractivity contribution in [3.63, 3.8) is 0 Å². The summed E-state index contributed by atoms with van der Waals surface area (Å²) in [5.41, 5.74) is -0.557. The van der Waals surface area contributed by atoms with E-state index >= 15 is 0 Å². The van der Waals surface area contributed by atoms with Gasteiger partial charge in [0.2, 0.25) is 0 Å². The molecule has 174 valence electrons. The van der Waals surface area contributed by atoms with E-state index in [1.54, 1.807) is 6.07 Å². The Bertz CT molecular complexity index is 1250. The minimum absolute atomic E-state index is 0.0138. The van der Waals surface area contributed by atoms with Gasteiger partial charge in [-0.2, -0.15) is 37.8 Å². The molecule has 1 unspecified atom stereocenters. The van der Waals surface area contributed by atoms with E-state index in [0.717, 1.165) is 24.3 Å². The van der Waals surface area contributed by atoms with Gasteiger partial charge in [-0.05, 0) is 69.1 Å². The van der Waals surface area contributed by atoms with Gasteiger partial charge in [0.1, 0.15) is 22.3 Å². The predicted octanol–water partition coefficient (Wildman–Crippen LogP) is 5.56. The number of alkyl halides is 4. The lowest BCUT2D eigenvalue weighted by Gasteiger charge is -2.22. The van der Waals surface area contributed by atoms with Crippen molar-refractivity contribution in [3.05, 3.63) is 49.9 Å². The average molecular weight is 614 g/mol. The molecule has 3 rings (SSSR count). The van der Waals surface area contributed by atoms with E-state index in [1.165, 1.54) is 11.7 Å². The standard InChI is InChI=1S/C19H12Br2ClF4N5O2/c1-18(7-27,8-31-29-14-11(20)6-12(22)13(21)15(14)30-31)28-16(32)9-2-4-10(5-3-9)33-19(25,26)17(23)24/h2-6,17H,8H2,1H3,(H,28,32). The maximum atomic E-state index is 13.0. The number of aromatic nitrogens is 3. The van der Waals surface area contributed by atoms with Crippen molar-refractivity contribution in [2.45, 2.75) is 31.5 Å². The molecule has 14 heteroatoms. The van der Waals surface area contributed by atoms with Crippen LogP contribution >= 0.6 is 43.5 Å². The summed E-state index contributed by atoms with van der Waals surface area (Å²) in [6.07, 6.45) is -8.68. The molecule has 1 atom stereocenters. The van der Waals surface area contributed by atoms with Gasteiger partial charge in [-0.3, -0.25) is 4.79 Å². The van der Waals surface area contributed by atoms with Crippen LogP contribution < -0.4 is 10.1 Å². The summed E-state index contributed by atoms with van der Waals surface area (Å²) in [5.74, 6) is -1.27. The molecule has 33 heavy (non-hydrogen) atoms. The summed E-state index contributed by atoms with van der Waals surface area (Å²) in [5, 5.41) is 21.2. The number of hydrogen-bond donors (Lipinski definition) is 1. The Morgan fingerprint density at radius 1 is 1.27 bits per heavy atom. The van der Waals surface area contributed by atoms with Crippen LogP contribution in [0.1, 0.15) is 17.3 Å². The topological polar surface area (TPSA) is 92.8 Å². The molecule has 0 fully saturated rings. The van der Waals surface area contributed by atoms with Gasteiger partial charge in [-0.15, -0.1) is 0 Å². The van der Waals surface area contributed by atoms with Crippen LogP contribution in [0.3, 0.4) is 0 Å². The van der Waals surface area contributed by atoms with Crippen molar-refractivity contribution in [2.24, 2.45) is 0 Å². The molecule has 0 bridgehead atoms. The minimum atomic E-state index is -4.67. The van der Waals surface area contributed by atoms with Crippen molar-refractivity contribution in [3.8, 4) is 11.8 Å². The van der Waals surface area contributed by atoms with Gasteiger partial charge in [0.15, 0.2) is 0 Å². The number of nitrogens with zero attached hydrogens (tertiary/aromatic N) is 4. The maximum Gasteiger partial charge on any atom is 0.461 e. The van der Waals surface area contributed by atoms with Gasteiger partial charge in [-0.1, -0.05) is 11.6 Å². The smallest absolute Gasteiger partial charge is 0.428 e. The molecule has 7 nitrogen and oxygen atoms in total. The Hall–Kier alpha value is -2.43. The molecule has 1 heterocycles. The monoisotopic (exact) mass is 611 g/mol. The van der Waals surface area contributed by atoms with Gasteiger partial charge >= 0.3 is 12.5 Å². The van der Waals surface area contributed by atoms with Crippen LogP contribution in [0, 0.1) is 11.3 Å². The van der Waals surface area contributed by atoms with Crippen molar-refractivity contribution >= 4 is 60.4 Å². The first-order valence-corrected chi connectivity index (χ1v) is 10.9. The molecule has 0 radical (unpaired) electrons.